The number of piperazine rings is 1. The van der Waals surface area contributed by atoms with Gasteiger partial charge in [0.25, 0.3) is 0 Å². The molecule has 1 aromatic rings. The zero-order valence-electron chi connectivity index (χ0n) is 13.2. The van der Waals surface area contributed by atoms with Gasteiger partial charge in [-0.1, -0.05) is 19.3 Å². The van der Waals surface area contributed by atoms with Crippen LogP contribution in [-0.4, -0.2) is 39.4 Å². The quantitative estimate of drug-likeness (QED) is 0.926. The third kappa shape index (κ3) is 2.88. The van der Waals surface area contributed by atoms with E-state index in [0.717, 1.165) is 18.5 Å². The van der Waals surface area contributed by atoms with E-state index in [1.165, 1.54) is 63.6 Å². The van der Waals surface area contributed by atoms with Crippen LogP contribution in [0.25, 0.3) is 0 Å². The molecule has 4 rings (SSSR count). The lowest BCUT2D eigenvalue weighted by molar-refractivity contribution is 0.0408. The molecule has 0 amide bonds. The van der Waals surface area contributed by atoms with Crippen LogP contribution < -0.4 is 5.32 Å². The molecule has 1 atom stereocenters. The lowest BCUT2D eigenvalue weighted by Gasteiger charge is -2.50. The predicted octanol–water partition coefficient (Wildman–Crippen LogP) is 2.31. The number of hydrogen-bond acceptors (Lipinski definition) is 3. The molecular formula is C17H28N4. The summed E-state index contributed by atoms with van der Waals surface area (Å²) in [7, 11) is 2.02. The zero-order chi connectivity index (χ0) is 14.3. The number of aryl methyl sites for hydroxylation is 1. The van der Waals surface area contributed by atoms with Crippen LogP contribution in [0.5, 0.6) is 0 Å². The molecule has 3 fully saturated rings. The molecule has 0 bridgehead atoms. The molecule has 4 heteroatoms. The Labute approximate surface area is 127 Å². The van der Waals surface area contributed by atoms with Gasteiger partial charge in [0.2, 0.25) is 0 Å². The van der Waals surface area contributed by atoms with E-state index in [4.69, 9.17) is 0 Å². The van der Waals surface area contributed by atoms with E-state index < -0.39 is 0 Å². The monoisotopic (exact) mass is 288 g/mol. The third-order valence-electron chi connectivity index (χ3n) is 5.78. The number of rotatable bonds is 3. The Kier molecular flexibility index (Phi) is 3.54. The lowest BCUT2D eigenvalue weighted by Crippen LogP contribution is -2.65. The van der Waals surface area contributed by atoms with Gasteiger partial charge in [0, 0.05) is 50.0 Å². The minimum absolute atomic E-state index is 0.409. The first-order valence-electron chi connectivity index (χ1n) is 8.71. The summed E-state index contributed by atoms with van der Waals surface area (Å²) in [6, 6.07) is 0.748. The highest BCUT2D eigenvalue weighted by Gasteiger charge is 2.44. The molecule has 1 saturated heterocycles. The summed E-state index contributed by atoms with van der Waals surface area (Å²) in [6.07, 6.45) is 14.1. The highest BCUT2D eigenvalue weighted by Crippen LogP contribution is 2.40. The topological polar surface area (TPSA) is 33.1 Å². The molecule has 3 aliphatic rings. The van der Waals surface area contributed by atoms with Gasteiger partial charge in [0.1, 0.15) is 0 Å². The molecule has 1 aromatic heterocycles. The lowest BCUT2D eigenvalue weighted by atomic mass is 9.79. The minimum atomic E-state index is 0.409. The van der Waals surface area contributed by atoms with Gasteiger partial charge >= 0.3 is 0 Å². The molecule has 1 spiro atoms. The van der Waals surface area contributed by atoms with Crippen LogP contribution in [0.1, 0.15) is 50.5 Å². The standard InChI is InChI=1S/C17H28N4/c1-20-11-14(9-19-20)12-21-13-17(7-3-2-4-8-17)18-10-16(21)15-5-6-15/h9,11,15-16,18H,2-8,10,12-13H2,1H3. The zero-order valence-corrected chi connectivity index (χ0v) is 13.2. The van der Waals surface area contributed by atoms with Crippen molar-refractivity contribution >= 4 is 0 Å². The summed E-state index contributed by atoms with van der Waals surface area (Å²) in [6.45, 7) is 3.52. The summed E-state index contributed by atoms with van der Waals surface area (Å²) < 4.78 is 1.93. The second kappa shape index (κ2) is 5.40. The number of hydrogen-bond donors (Lipinski definition) is 1. The Hall–Kier alpha value is -0.870. The molecule has 1 aliphatic heterocycles. The normalized spacial score (nSPS) is 29.9. The van der Waals surface area contributed by atoms with Crippen LogP contribution in [-0.2, 0) is 13.6 Å². The molecule has 2 heterocycles. The van der Waals surface area contributed by atoms with E-state index in [0.29, 0.717) is 5.54 Å². The first kappa shape index (κ1) is 13.8. The Morgan fingerprint density at radius 2 is 2.10 bits per heavy atom. The minimum Gasteiger partial charge on any atom is -0.308 e. The van der Waals surface area contributed by atoms with E-state index in [2.05, 4.69) is 21.5 Å². The maximum Gasteiger partial charge on any atom is 0.0534 e. The molecular weight excluding hydrogens is 260 g/mol. The number of nitrogens with zero attached hydrogens (tertiary/aromatic N) is 3. The second-order valence-electron chi connectivity index (χ2n) is 7.55. The Bertz CT molecular complexity index is 485. The van der Waals surface area contributed by atoms with E-state index in [-0.39, 0.29) is 0 Å². The summed E-state index contributed by atoms with van der Waals surface area (Å²) in [5.41, 5.74) is 1.78. The third-order valence-corrected chi connectivity index (χ3v) is 5.78. The van der Waals surface area contributed by atoms with Crippen molar-refractivity contribution in [2.75, 3.05) is 13.1 Å². The molecule has 0 radical (unpaired) electrons. The van der Waals surface area contributed by atoms with Crippen LogP contribution in [0.4, 0.5) is 0 Å². The predicted molar refractivity (Wildman–Crippen MR) is 83.9 cm³/mol. The van der Waals surface area contributed by atoms with Crippen molar-refractivity contribution in [2.24, 2.45) is 13.0 Å². The van der Waals surface area contributed by atoms with Crippen molar-refractivity contribution in [1.29, 1.82) is 0 Å². The van der Waals surface area contributed by atoms with E-state index in [9.17, 15) is 0 Å². The first-order chi connectivity index (χ1) is 10.2. The molecule has 0 aromatic carbocycles. The highest BCUT2D eigenvalue weighted by atomic mass is 15.3. The number of aromatic nitrogens is 2. The average Bonchev–Trinajstić information content (AvgIpc) is 3.23. The molecule has 1 N–H and O–H groups in total. The van der Waals surface area contributed by atoms with Gasteiger partial charge in [-0.05, 0) is 31.6 Å². The van der Waals surface area contributed by atoms with Crippen LogP contribution in [0, 0.1) is 5.92 Å². The molecule has 21 heavy (non-hydrogen) atoms. The van der Waals surface area contributed by atoms with Crippen molar-refractivity contribution in [3.63, 3.8) is 0 Å². The molecule has 4 nitrogen and oxygen atoms in total. The summed E-state index contributed by atoms with van der Waals surface area (Å²) >= 11 is 0. The fraction of sp³-hybridized carbons (Fsp3) is 0.824. The average molecular weight is 288 g/mol. The summed E-state index contributed by atoms with van der Waals surface area (Å²) in [5, 5.41) is 8.31. The van der Waals surface area contributed by atoms with Gasteiger partial charge in [-0.15, -0.1) is 0 Å². The van der Waals surface area contributed by atoms with Gasteiger partial charge in [-0.25, -0.2) is 0 Å². The van der Waals surface area contributed by atoms with Crippen molar-refractivity contribution < 1.29 is 0 Å². The van der Waals surface area contributed by atoms with Crippen molar-refractivity contribution in [1.82, 2.24) is 20.0 Å². The summed E-state index contributed by atoms with van der Waals surface area (Å²) in [4.78, 5) is 2.77. The largest absolute Gasteiger partial charge is 0.308 e. The van der Waals surface area contributed by atoms with Crippen LogP contribution in [0.3, 0.4) is 0 Å². The van der Waals surface area contributed by atoms with Crippen molar-refractivity contribution in [3.8, 4) is 0 Å². The van der Waals surface area contributed by atoms with E-state index >= 15 is 0 Å². The SMILES string of the molecule is Cn1cc(CN2CC3(CCCCC3)NCC2C2CC2)cn1. The maximum atomic E-state index is 4.35. The number of nitrogens with one attached hydrogen (secondary N) is 1. The smallest absolute Gasteiger partial charge is 0.0534 e. The van der Waals surface area contributed by atoms with Crippen molar-refractivity contribution in [2.45, 2.75) is 63.1 Å². The van der Waals surface area contributed by atoms with Gasteiger partial charge < -0.3 is 5.32 Å². The second-order valence-corrected chi connectivity index (χ2v) is 7.55. The maximum absolute atomic E-state index is 4.35. The van der Waals surface area contributed by atoms with Gasteiger partial charge in [-0.2, -0.15) is 5.10 Å². The van der Waals surface area contributed by atoms with Crippen LogP contribution in [0.15, 0.2) is 12.4 Å². The first-order valence-corrected chi connectivity index (χ1v) is 8.71. The fourth-order valence-electron chi connectivity index (χ4n) is 4.48. The summed E-state index contributed by atoms with van der Waals surface area (Å²) in [5.74, 6) is 0.940. The van der Waals surface area contributed by atoms with Gasteiger partial charge in [0.05, 0.1) is 6.20 Å². The molecule has 2 aliphatic carbocycles. The fourth-order valence-corrected chi connectivity index (χ4v) is 4.48. The Morgan fingerprint density at radius 1 is 1.29 bits per heavy atom. The van der Waals surface area contributed by atoms with Gasteiger partial charge in [-0.3, -0.25) is 9.58 Å². The van der Waals surface area contributed by atoms with Crippen LogP contribution >= 0.6 is 0 Å². The Morgan fingerprint density at radius 3 is 2.76 bits per heavy atom. The van der Waals surface area contributed by atoms with E-state index in [1.54, 1.807) is 0 Å². The molecule has 2 saturated carbocycles. The highest BCUT2D eigenvalue weighted by molar-refractivity contribution is 5.08. The Balaban J connectivity index is 1.50. The van der Waals surface area contributed by atoms with E-state index in [1.807, 2.05) is 17.9 Å². The molecule has 1 unspecified atom stereocenters. The molecule has 116 valence electrons. The van der Waals surface area contributed by atoms with Crippen LogP contribution in [0.2, 0.25) is 0 Å². The van der Waals surface area contributed by atoms with Gasteiger partial charge in [0.15, 0.2) is 0 Å². The van der Waals surface area contributed by atoms with Crippen molar-refractivity contribution in [3.05, 3.63) is 18.0 Å².